The summed E-state index contributed by atoms with van der Waals surface area (Å²) in [6.07, 6.45) is 1.77. The number of anilines is 1. The van der Waals surface area contributed by atoms with Gasteiger partial charge in [0.25, 0.3) is 0 Å². The van der Waals surface area contributed by atoms with Crippen LogP contribution >= 0.6 is 11.8 Å². The summed E-state index contributed by atoms with van der Waals surface area (Å²) in [5, 5.41) is 3.03. The minimum absolute atomic E-state index is 0.0371. The Hall–Kier alpha value is -1.81. The smallest absolute Gasteiger partial charge is 0.234 e. The summed E-state index contributed by atoms with van der Waals surface area (Å²) in [6, 6.07) is 12.3. The lowest BCUT2D eigenvalue weighted by Gasteiger charge is -2.14. The Morgan fingerprint density at radius 1 is 1.05 bits per heavy atom. The number of carbonyl (C=O) groups is 1. The Kier molecular flexibility index (Phi) is 6.01. The summed E-state index contributed by atoms with van der Waals surface area (Å²) in [6.45, 7) is 4.16. The first-order valence-corrected chi connectivity index (χ1v) is 8.41. The molecule has 22 heavy (non-hydrogen) atoms. The molecular weight excluding hydrogens is 297 g/mol. The topological polar surface area (TPSA) is 29.1 Å². The van der Waals surface area contributed by atoms with E-state index in [0.29, 0.717) is 5.75 Å². The van der Waals surface area contributed by atoms with E-state index in [4.69, 9.17) is 0 Å². The lowest BCUT2D eigenvalue weighted by atomic mass is 10.0. The molecule has 2 aromatic rings. The van der Waals surface area contributed by atoms with E-state index in [-0.39, 0.29) is 11.7 Å². The quantitative estimate of drug-likeness (QED) is 0.784. The van der Waals surface area contributed by atoms with E-state index in [9.17, 15) is 9.18 Å². The average Bonchev–Trinajstić information content (AvgIpc) is 2.54. The first-order chi connectivity index (χ1) is 10.6. The molecule has 2 rings (SSSR count). The van der Waals surface area contributed by atoms with Gasteiger partial charge in [-0.3, -0.25) is 4.79 Å². The van der Waals surface area contributed by atoms with Crippen molar-refractivity contribution in [1.29, 1.82) is 0 Å². The molecule has 0 atom stereocenters. The standard InChI is InChI=1S/C18H20FNOS/c1-3-13-6-5-7-14(4-2)18(13)20-17(21)12-22-16-10-8-15(19)9-11-16/h5-11H,3-4,12H2,1-2H3,(H,20,21). The van der Waals surface area contributed by atoms with Crippen LogP contribution in [0, 0.1) is 5.82 Å². The molecule has 0 radical (unpaired) electrons. The Morgan fingerprint density at radius 2 is 1.64 bits per heavy atom. The number of nitrogens with one attached hydrogen (secondary N) is 1. The van der Waals surface area contributed by atoms with E-state index >= 15 is 0 Å². The molecule has 0 aliphatic heterocycles. The Bertz CT molecular complexity index is 618. The van der Waals surface area contributed by atoms with Crippen molar-refractivity contribution in [3.8, 4) is 0 Å². The highest BCUT2D eigenvalue weighted by Crippen LogP contribution is 2.24. The number of para-hydroxylation sites is 1. The fourth-order valence-corrected chi connectivity index (χ4v) is 2.96. The highest BCUT2D eigenvalue weighted by Gasteiger charge is 2.10. The first kappa shape index (κ1) is 16.6. The van der Waals surface area contributed by atoms with Gasteiger partial charge in [0, 0.05) is 10.6 Å². The van der Waals surface area contributed by atoms with E-state index < -0.39 is 0 Å². The normalized spacial score (nSPS) is 10.5. The van der Waals surface area contributed by atoms with E-state index in [1.54, 1.807) is 12.1 Å². The van der Waals surface area contributed by atoms with Crippen molar-refractivity contribution in [2.75, 3.05) is 11.1 Å². The zero-order chi connectivity index (χ0) is 15.9. The number of carbonyl (C=O) groups excluding carboxylic acids is 1. The molecule has 0 bridgehead atoms. The highest BCUT2D eigenvalue weighted by atomic mass is 32.2. The molecule has 4 heteroatoms. The third kappa shape index (κ3) is 4.34. The summed E-state index contributed by atoms with van der Waals surface area (Å²) in [4.78, 5) is 13.1. The van der Waals surface area contributed by atoms with Gasteiger partial charge in [0.15, 0.2) is 0 Å². The van der Waals surface area contributed by atoms with Gasteiger partial charge in [-0.2, -0.15) is 0 Å². The van der Waals surface area contributed by atoms with Crippen LogP contribution < -0.4 is 5.32 Å². The number of thioether (sulfide) groups is 1. The summed E-state index contributed by atoms with van der Waals surface area (Å²) in [7, 11) is 0. The number of hydrogen-bond donors (Lipinski definition) is 1. The molecule has 0 saturated heterocycles. The lowest BCUT2D eigenvalue weighted by molar-refractivity contribution is -0.113. The second-order valence-corrected chi connectivity index (χ2v) is 6.00. The van der Waals surface area contributed by atoms with Gasteiger partial charge < -0.3 is 5.32 Å². The van der Waals surface area contributed by atoms with Gasteiger partial charge >= 0.3 is 0 Å². The number of hydrogen-bond acceptors (Lipinski definition) is 2. The molecule has 2 aromatic carbocycles. The second kappa shape index (κ2) is 7.99. The fourth-order valence-electron chi connectivity index (χ4n) is 2.26. The zero-order valence-corrected chi connectivity index (χ0v) is 13.7. The lowest BCUT2D eigenvalue weighted by Crippen LogP contribution is -2.16. The molecular formula is C18H20FNOS. The van der Waals surface area contributed by atoms with Crippen molar-refractivity contribution < 1.29 is 9.18 Å². The first-order valence-electron chi connectivity index (χ1n) is 7.43. The number of rotatable bonds is 6. The minimum atomic E-state index is -0.265. The number of benzene rings is 2. The monoisotopic (exact) mass is 317 g/mol. The maximum Gasteiger partial charge on any atom is 0.234 e. The second-order valence-electron chi connectivity index (χ2n) is 4.95. The van der Waals surface area contributed by atoms with Crippen LogP contribution in [0.2, 0.25) is 0 Å². The predicted molar refractivity (Wildman–Crippen MR) is 91.0 cm³/mol. The van der Waals surface area contributed by atoms with Crippen molar-refractivity contribution in [2.24, 2.45) is 0 Å². The average molecular weight is 317 g/mol. The molecule has 0 fully saturated rings. The minimum Gasteiger partial charge on any atom is -0.325 e. The SMILES string of the molecule is CCc1cccc(CC)c1NC(=O)CSc1ccc(F)cc1. The number of halogens is 1. The van der Waals surface area contributed by atoms with Crippen molar-refractivity contribution in [3.63, 3.8) is 0 Å². The van der Waals surface area contributed by atoms with Crippen LogP contribution in [0.3, 0.4) is 0 Å². The molecule has 0 heterocycles. The molecule has 1 N–H and O–H groups in total. The van der Waals surface area contributed by atoms with Gasteiger partial charge in [0.2, 0.25) is 5.91 Å². The van der Waals surface area contributed by atoms with Crippen molar-refractivity contribution >= 4 is 23.4 Å². The van der Waals surface area contributed by atoms with Crippen LogP contribution in [0.25, 0.3) is 0 Å². The summed E-state index contributed by atoms with van der Waals surface area (Å²) >= 11 is 1.40. The van der Waals surface area contributed by atoms with Crippen LogP contribution in [-0.2, 0) is 17.6 Å². The van der Waals surface area contributed by atoms with Crippen LogP contribution in [0.5, 0.6) is 0 Å². The number of amides is 1. The van der Waals surface area contributed by atoms with Crippen LogP contribution in [0.4, 0.5) is 10.1 Å². The van der Waals surface area contributed by atoms with Crippen molar-refractivity contribution in [1.82, 2.24) is 0 Å². The van der Waals surface area contributed by atoms with Gasteiger partial charge in [-0.25, -0.2) is 4.39 Å². The molecule has 0 spiro atoms. The Morgan fingerprint density at radius 3 is 2.18 bits per heavy atom. The Balaban J connectivity index is 2.01. The molecule has 116 valence electrons. The van der Waals surface area contributed by atoms with Gasteiger partial charge in [0.05, 0.1) is 5.75 Å². The summed E-state index contributed by atoms with van der Waals surface area (Å²) in [5.74, 6) is 0.00973. The Labute approximate surface area is 135 Å². The van der Waals surface area contributed by atoms with Crippen LogP contribution in [0.15, 0.2) is 47.4 Å². The molecule has 0 unspecified atom stereocenters. The van der Waals surface area contributed by atoms with Gasteiger partial charge in [-0.05, 0) is 48.2 Å². The zero-order valence-electron chi connectivity index (χ0n) is 12.9. The molecule has 2 nitrogen and oxygen atoms in total. The molecule has 1 amide bonds. The van der Waals surface area contributed by atoms with Crippen LogP contribution in [0.1, 0.15) is 25.0 Å². The largest absolute Gasteiger partial charge is 0.325 e. The van der Waals surface area contributed by atoms with E-state index in [0.717, 1.165) is 34.6 Å². The van der Waals surface area contributed by atoms with E-state index in [2.05, 4.69) is 19.2 Å². The van der Waals surface area contributed by atoms with Gasteiger partial charge in [-0.15, -0.1) is 11.8 Å². The maximum absolute atomic E-state index is 12.9. The van der Waals surface area contributed by atoms with Crippen LogP contribution in [-0.4, -0.2) is 11.7 Å². The highest BCUT2D eigenvalue weighted by molar-refractivity contribution is 8.00. The summed E-state index contributed by atoms with van der Waals surface area (Å²) in [5.41, 5.74) is 3.25. The maximum atomic E-state index is 12.9. The van der Waals surface area contributed by atoms with Gasteiger partial charge in [-0.1, -0.05) is 32.0 Å². The van der Waals surface area contributed by atoms with Crippen molar-refractivity contribution in [2.45, 2.75) is 31.6 Å². The third-order valence-corrected chi connectivity index (χ3v) is 4.46. The third-order valence-electron chi connectivity index (χ3n) is 3.45. The van der Waals surface area contributed by atoms with Gasteiger partial charge in [0.1, 0.15) is 5.82 Å². The van der Waals surface area contributed by atoms with E-state index in [1.807, 2.05) is 18.2 Å². The fraction of sp³-hybridized carbons (Fsp3) is 0.278. The van der Waals surface area contributed by atoms with Crippen molar-refractivity contribution in [3.05, 3.63) is 59.4 Å². The number of aryl methyl sites for hydroxylation is 2. The molecule has 0 aliphatic carbocycles. The molecule has 0 aliphatic rings. The molecule has 0 aromatic heterocycles. The summed E-state index contributed by atoms with van der Waals surface area (Å²) < 4.78 is 12.9. The molecule has 0 saturated carbocycles. The van der Waals surface area contributed by atoms with E-state index in [1.165, 1.54) is 23.9 Å². The predicted octanol–water partition coefficient (Wildman–Crippen LogP) is 4.68.